The van der Waals surface area contributed by atoms with Crippen molar-refractivity contribution in [2.24, 2.45) is 0 Å². The molecule has 5 heteroatoms. The van der Waals surface area contributed by atoms with Crippen molar-refractivity contribution in [3.63, 3.8) is 0 Å². The van der Waals surface area contributed by atoms with Gasteiger partial charge in [-0.15, -0.1) is 0 Å². The Labute approximate surface area is 195 Å². The van der Waals surface area contributed by atoms with Crippen LogP contribution in [0.25, 0.3) is 0 Å². The van der Waals surface area contributed by atoms with Crippen LogP contribution in [0.1, 0.15) is 83.6 Å². The van der Waals surface area contributed by atoms with Crippen LogP contribution in [0.2, 0.25) is 0 Å². The van der Waals surface area contributed by atoms with Crippen LogP contribution in [0, 0.1) is 6.42 Å². The average molecular weight is 459 g/mol. The monoisotopic (exact) mass is 458 g/mol. The van der Waals surface area contributed by atoms with Crippen molar-refractivity contribution in [3.8, 4) is 5.75 Å². The number of hydrogen-bond acceptors (Lipinski definition) is 3. The fourth-order valence-corrected chi connectivity index (χ4v) is 4.71. The van der Waals surface area contributed by atoms with E-state index in [9.17, 15) is 8.42 Å². The van der Waals surface area contributed by atoms with Crippen molar-refractivity contribution in [1.29, 1.82) is 0 Å². The van der Waals surface area contributed by atoms with E-state index in [1.807, 2.05) is 19.1 Å². The molecule has 1 radical (unpaired) electrons. The number of unbranched alkanes of at least 4 members (excludes halogenated alkanes) is 9. The third kappa shape index (κ3) is 10.1. The van der Waals surface area contributed by atoms with Crippen LogP contribution >= 0.6 is 0 Å². The van der Waals surface area contributed by atoms with Crippen molar-refractivity contribution in [3.05, 3.63) is 60.5 Å². The number of rotatable bonds is 17. The summed E-state index contributed by atoms with van der Waals surface area (Å²) < 4.78 is 33.7. The van der Waals surface area contributed by atoms with Crippen molar-refractivity contribution in [2.45, 2.75) is 89.4 Å². The molecule has 0 bridgehead atoms. The highest BCUT2D eigenvalue weighted by atomic mass is 32.2. The fourth-order valence-electron chi connectivity index (χ4n) is 3.65. The zero-order valence-electron chi connectivity index (χ0n) is 19.8. The summed E-state index contributed by atoms with van der Waals surface area (Å²) >= 11 is 0. The number of sulfonamides is 1. The first-order valence-corrected chi connectivity index (χ1v) is 13.7. The molecule has 1 N–H and O–H groups in total. The Balaban J connectivity index is 1.66. The normalized spacial score (nSPS) is 11.4. The van der Waals surface area contributed by atoms with Gasteiger partial charge < -0.3 is 4.74 Å². The molecule has 0 saturated carbocycles. The summed E-state index contributed by atoms with van der Waals surface area (Å²) in [6.45, 7) is 4.92. The van der Waals surface area contributed by atoms with E-state index in [1.165, 1.54) is 57.8 Å². The zero-order chi connectivity index (χ0) is 23.1. The van der Waals surface area contributed by atoms with Crippen LogP contribution in [0.4, 0.5) is 5.69 Å². The highest BCUT2D eigenvalue weighted by Crippen LogP contribution is 2.20. The molecule has 0 aliphatic rings. The molecule has 0 aliphatic carbocycles. The number of nitrogens with one attached hydrogen (secondary N) is 1. The average Bonchev–Trinajstić information content (AvgIpc) is 2.79. The minimum Gasteiger partial charge on any atom is -0.494 e. The van der Waals surface area contributed by atoms with Crippen LogP contribution in [0.3, 0.4) is 0 Å². The lowest BCUT2D eigenvalue weighted by Gasteiger charge is -2.10. The maximum atomic E-state index is 12.6. The Hall–Kier alpha value is -2.01. The molecule has 0 spiro atoms. The Bertz CT molecular complexity index is 845. The van der Waals surface area contributed by atoms with Gasteiger partial charge in [-0.25, -0.2) is 8.42 Å². The molecule has 0 amide bonds. The summed E-state index contributed by atoms with van der Waals surface area (Å²) in [6, 6.07) is 14.1. The third-order valence-corrected chi connectivity index (χ3v) is 6.94. The number of ether oxygens (including phenoxy) is 1. The van der Waals surface area contributed by atoms with E-state index in [2.05, 4.69) is 18.1 Å². The molecule has 0 unspecified atom stereocenters. The van der Waals surface area contributed by atoms with Gasteiger partial charge in [0, 0.05) is 5.69 Å². The Morgan fingerprint density at radius 1 is 0.781 bits per heavy atom. The van der Waals surface area contributed by atoms with E-state index >= 15 is 0 Å². The van der Waals surface area contributed by atoms with Gasteiger partial charge in [0.2, 0.25) is 0 Å². The molecule has 0 atom stereocenters. The third-order valence-electron chi connectivity index (χ3n) is 5.55. The van der Waals surface area contributed by atoms with E-state index in [-0.39, 0.29) is 4.90 Å². The van der Waals surface area contributed by atoms with Gasteiger partial charge in [-0.05, 0) is 61.2 Å². The summed E-state index contributed by atoms with van der Waals surface area (Å²) in [5, 5.41) is 0. The predicted octanol–water partition coefficient (Wildman–Crippen LogP) is 7.55. The molecule has 4 nitrogen and oxygen atoms in total. The molecule has 0 saturated heterocycles. The second-order valence-corrected chi connectivity index (χ2v) is 10.1. The molecule has 2 aromatic rings. The van der Waals surface area contributed by atoms with Gasteiger partial charge in [-0.1, -0.05) is 83.8 Å². The first kappa shape index (κ1) is 26.2. The number of anilines is 1. The molecule has 0 aromatic heterocycles. The molecule has 177 valence electrons. The lowest BCUT2D eigenvalue weighted by molar-refractivity contribution is 0.304. The number of hydrogen-bond donors (Lipinski definition) is 1. The van der Waals surface area contributed by atoms with Gasteiger partial charge in [0.05, 0.1) is 11.5 Å². The minimum absolute atomic E-state index is 0.231. The molecule has 0 aliphatic heterocycles. The van der Waals surface area contributed by atoms with Crippen molar-refractivity contribution in [2.75, 3.05) is 11.3 Å². The van der Waals surface area contributed by atoms with Crippen molar-refractivity contribution < 1.29 is 13.2 Å². The predicted molar refractivity (Wildman–Crippen MR) is 135 cm³/mol. The van der Waals surface area contributed by atoms with Crippen LogP contribution < -0.4 is 9.46 Å². The van der Waals surface area contributed by atoms with Gasteiger partial charge in [0.1, 0.15) is 5.75 Å². The summed E-state index contributed by atoms with van der Waals surface area (Å²) in [5.41, 5.74) is 1.71. The molecule has 0 fully saturated rings. The summed E-state index contributed by atoms with van der Waals surface area (Å²) in [7, 11) is -3.61. The second-order valence-electron chi connectivity index (χ2n) is 8.42. The van der Waals surface area contributed by atoms with E-state index in [4.69, 9.17) is 4.74 Å². The SMILES string of the molecule is C[CH]Cc1ccc(NS(=O)(=O)c2ccc(OCCCCCCCCCCCC)cc2)cc1. The van der Waals surface area contributed by atoms with Crippen LogP contribution in [0.5, 0.6) is 5.75 Å². The van der Waals surface area contributed by atoms with Crippen LogP contribution in [-0.2, 0) is 16.4 Å². The lowest BCUT2D eigenvalue weighted by atomic mass is 10.1. The first-order chi connectivity index (χ1) is 15.5. The second kappa shape index (κ2) is 14.9. The Morgan fingerprint density at radius 3 is 1.91 bits per heavy atom. The van der Waals surface area contributed by atoms with Gasteiger partial charge >= 0.3 is 0 Å². The maximum absolute atomic E-state index is 12.6. The lowest BCUT2D eigenvalue weighted by Crippen LogP contribution is -2.12. The van der Waals surface area contributed by atoms with Gasteiger partial charge in [0.25, 0.3) is 10.0 Å². The standard InChI is InChI=1S/C27H40NO3S/c1-3-5-6-7-8-9-10-11-12-13-23-31-26-19-21-27(22-20-26)32(29,30)28-25-17-15-24(14-4-2)16-18-25/h4,15-22,28H,3,5-14,23H2,1-2H3. The molecule has 2 rings (SSSR count). The quantitative estimate of drug-likeness (QED) is 0.249. The van der Waals surface area contributed by atoms with E-state index < -0.39 is 10.0 Å². The van der Waals surface area contributed by atoms with Gasteiger partial charge in [-0.3, -0.25) is 4.72 Å². The summed E-state index contributed by atoms with van der Waals surface area (Å²) in [6.07, 6.45) is 15.9. The van der Waals surface area contributed by atoms with E-state index in [0.717, 1.165) is 18.4 Å². The molecule has 0 heterocycles. The summed E-state index contributed by atoms with van der Waals surface area (Å²) in [5.74, 6) is 0.708. The molecular formula is C27H40NO3S. The fraction of sp³-hybridized carbons (Fsp3) is 0.519. The highest BCUT2D eigenvalue weighted by Gasteiger charge is 2.14. The maximum Gasteiger partial charge on any atom is 0.261 e. The molecular weight excluding hydrogens is 418 g/mol. The minimum atomic E-state index is -3.61. The molecule has 32 heavy (non-hydrogen) atoms. The zero-order valence-corrected chi connectivity index (χ0v) is 20.6. The number of benzene rings is 2. The largest absolute Gasteiger partial charge is 0.494 e. The molecule has 2 aromatic carbocycles. The van der Waals surface area contributed by atoms with E-state index in [0.29, 0.717) is 18.0 Å². The summed E-state index contributed by atoms with van der Waals surface area (Å²) in [4.78, 5) is 0.231. The van der Waals surface area contributed by atoms with Crippen LogP contribution in [0.15, 0.2) is 53.4 Å². The van der Waals surface area contributed by atoms with Crippen molar-refractivity contribution in [1.82, 2.24) is 0 Å². The Morgan fingerprint density at radius 2 is 1.34 bits per heavy atom. The van der Waals surface area contributed by atoms with Crippen LogP contribution in [-0.4, -0.2) is 15.0 Å². The smallest absolute Gasteiger partial charge is 0.261 e. The van der Waals surface area contributed by atoms with Gasteiger partial charge in [-0.2, -0.15) is 0 Å². The van der Waals surface area contributed by atoms with Gasteiger partial charge in [0.15, 0.2) is 0 Å². The Kier molecular flexibility index (Phi) is 12.3. The van der Waals surface area contributed by atoms with E-state index in [1.54, 1.807) is 36.4 Å². The topological polar surface area (TPSA) is 55.4 Å². The van der Waals surface area contributed by atoms with Crippen molar-refractivity contribution >= 4 is 15.7 Å². The highest BCUT2D eigenvalue weighted by molar-refractivity contribution is 7.92. The first-order valence-electron chi connectivity index (χ1n) is 12.2.